The molecule has 0 fully saturated rings. The number of carboxylic acids is 1. The summed E-state index contributed by atoms with van der Waals surface area (Å²) in [6.45, 7) is 3.91. The highest BCUT2D eigenvalue weighted by molar-refractivity contribution is 5.90. The third-order valence-electron chi connectivity index (χ3n) is 2.93. The molecule has 0 bridgehead atoms. The molecule has 0 aliphatic carbocycles. The largest absolute Gasteiger partial charge is 0.478 e. The Kier molecular flexibility index (Phi) is 6.06. The van der Waals surface area contributed by atoms with Crippen molar-refractivity contribution < 1.29 is 19.4 Å². The zero-order chi connectivity index (χ0) is 14.3. The Morgan fingerprint density at radius 3 is 2.53 bits per heavy atom. The summed E-state index contributed by atoms with van der Waals surface area (Å²) in [6.07, 6.45) is 3.72. The van der Waals surface area contributed by atoms with Gasteiger partial charge in [0.2, 0.25) is 0 Å². The number of esters is 1. The first-order valence-corrected chi connectivity index (χ1v) is 6.66. The molecule has 19 heavy (non-hydrogen) atoms. The standard InChI is InChI=1S/C15H20O4/c1-3-5-6-10-14(16)19-13-9-7-8-12(15(17)18)11(13)4-2/h7-9H,3-6,10H2,1-2H3,(H,17,18). The lowest BCUT2D eigenvalue weighted by atomic mass is 10.0. The molecule has 0 unspecified atom stereocenters. The second kappa shape index (κ2) is 7.56. The van der Waals surface area contributed by atoms with Crippen molar-refractivity contribution in [1.29, 1.82) is 0 Å². The molecule has 0 aliphatic heterocycles. The molecule has 4 nitrogen and oxygen atoms in total. The second-order valence-corrected chi connectivity index (χ2v) is 4.37. The Bertz CT molecular complexity index is 451. The van der Waals surface area contributed by atoms with Crippen LogP contribution in [0.25, 0.3) is 0 Å². The number of unbranched alkanes of at least 4 members (excludes halogenated alkanes) is 2. The van der Waals surface area contributed by atoms with Crippen molar-refractivity contribution in [1.82, 2.24) is 0 Å². The lowest BCUT2D eigenvalue weighted by molar-refractivity contribution is -0.134. The van der Waals surface area contributed by atoms with Crippen LogP contribution in [0.3, 0.4) is 0 Å². The topological polar surface area (TPSA) is 63.6 Å². The summed E-state index contributed by atoms with van der Waals surface area (Å²) in [6, 6.07) is 4.76. The van der Waals surface area contributed by atoms with Crippen molar-refractivity contribution in [2.75, 3.05) is 0 Å². The molecule has 1 N–H and O–H groups in total. The van der Waals surface area contributed by atoms with Gasteiger partial charge in [-0.1, -0.05) is 32.8 Å². The Labute approximate surface area is 113 Å². The number of aromatic carboxylic acids is 1. The molecule has 104 valence electrons. The number of hydrogen-bond donors (Lipinski definition) is 1. The Morgan fingerprint density at radius 2 is 1.95 bits per heavy atom. The minimum absolute atomic E-state index is 0.196. The van der Waals surface area contributed by atoms with Crippen LogP contribution in [-0.4, -0.2) is 17.0 Å². The molecule has 1 rings (SSSR count). The molecule has 0 radical (unpaired) electrons. The molecule has 1 aromatic carbocycles. The first-order chi connectivity index (χ1) is 9.10. The van der Waals surface area contributed by atoms with Crippen LogP contribution in [0.4, 0.5) is 0 Å². The predicted molar refractivity (Wildman–Crippen MR) is 72.6 cm³/mol. The number of carbonyl (C=O) groups is 2. The van der Waals surface area contributed by atoms with Gasteiger partial charge in [0.25, 0.3) is 0 Å². The molecular weight excluding hydrogens is 244 g/mol. The molecule has 0 saturated heterocycles. The van der Waals surface area contributed by atoms with E-state index >= 15 is 0 Å². The molecular formula is C15H20O4. The molecule has 0 aliphatic rings. The lowest BCUT2D eigenvalue weighted by Crippen LogP contribution is -2.11. The average Bonchev–Trinajstić information content (AvgIpc) is 2.38. The average molecular weight is 264 g/mol. The van der Waals surface area contributed by atoms with Gasteiger partial charge < -0.3 is 9.84 Å². The third-order valence-corrected chi connectivity index (χ3v) is 2.93. The van der Waals surface area contributed by atoms with Crippen LogP contribution in [-0.2, 0) is 11.2 Å². The van der Waals surface area contributed by atoms with Gasteiger partial charge >= 0.3 is 11.9 Å². The van der Waals surface area contributed by atoms with E-state index in [-0.39, 0.29) is 11.5 Å². The number of carboxylic acid groups (broad SMARTS) is 1. The first-order valence-electron chi connectivity index (χ1n) is 6.66. The van der Waals surface area contributed by atoms with Crippen LogP contribution in [0.5, 0.6) is 5.75 Å². The van der Waals surface area contributed by atoms with Gasteiger partial charge in [0.15, 0.2) is 0 Å². The van der Waals surface area contributed by atoms with Gasteiger partial charge in [0.05, 0.1) is 5.56 Å². The minimum atomic E-state index is -0.999. The van der Waals surface area contributed by atoms with E-state index in [4.69, 9.17) is 9.84 Å². The number of hydrogen-bond acceptors (Lipinski definition) is 3. The van der Waals surface area contributed by atoms with Gasteiger partial charge in [-0.3, -0.25) is 4.79 Å². The minimum Gasteiger partial charge on any atom is -0.478 e. The normalized spacial score (nSPS) is 10.2. The molecule has 0 aromatic heterocycles. The van der Waals surface area contributed by atoms with Crippen LogP contribution in [0.2, 0.25) is 0 Å². The van der Waals surface area contributed by atoms with Crippen molar-refractivity contribution >= 4 is 11.9 Å². The Balaban J connectivity index is 2.80. The maximum absolute atomic E-state index is 11.7. The van der Waals surface area contributed by atoms with E-state index in [1.165, 1.54) is 6.07 Å². The Hall–Kier alpha value is -1.84. The fourth-order valence-corrected chi connectivity index (χ4v) is 1.92. The van der Waals surface area contributed by atoms with Gasteiger partial charge in [0.1, 0.15) is 5.75 Å². The summed E-state index contributed by atoms with van der Waals surface area (Å²) >= 11 is 0. The molecule has 0 atom stereocenters. The van der Waals surface area contributed by atoms with Crippen molar-refractivity contribution in [3.05, 3.63) is 29.3 Å². The monoisotopic (exact) mass is 264 g/mol. The van der Waals surface area contributed by atoms with Crippen molar-refractivity contribution in [3.8, 4) is 5.75 Å². The van der Waals surface area contributed by atoms with Crippen LogP contribution in [0.15, 0.2) is 18.2 Å². The summed E-state index contributed by atoms with van der Waals surface area (Å²) < 4.78 is 5.27. The van der Waals surface area contributed by atoms with E-state index in [9.17, 15) is 9.59 Å². The quantitative estimate of drug-likeness (QED) is 0.465. The fraction of sp³-hybridized carbons (Fsp3) is 0.467. The van der Waals surface area contributed by atoms with E-state index in [1.807, 2.05) is 6.92 Å². The number of carbonyl (C=O) groups excluding carboxylic acids is 1. The first kappa shape index (κ1) is 15.2. The molecule has 0 spiro atoms. The highest BCUT2D eigenvalue weighted by Crippen LogP contribution is 2.24. The zero-order valence-electron chi connectivity index (χ0n) is 11.4. The van der Waals surface area contributed by atoms with Gasteiger partial charge in [-0.25, -0.2) is 4.79 Å². The molecule has 1 aromatic rings. The smallest absolute Gasteiger partial charge is 0.336 e. The number of ether oxygens (including phenoxy) is 1. The highest BCUT2D eigenvalue weighted by Gasteiger charge is 2.15. The van der Waals surface area contributed by atoms with Crippen molar-refractivity contribution in [2.24, 2.45) is 0 Å². The van der Waals surface area contributed by atoms with Gasteiger partial charge in [-0.05, 0) is 25.0 Å². The van der Waals surface area contributed by atoms with Crippen LogP contribution in [0.1, 0.15) is 55.5 Å². The molecule has 4 heteroatoms. The maximum Gasteiger partial charge on any atom is 0.336 e. The van der Waals surface area contributed by atoms with E-state index < -0.39 is 5.97 Å². The Morgan fingerprint density at radius 1 is 1.21 bits per heavy atom. The summed E-state index contributed by atoms with van der Waals surface area (Å²) in [5.41, 5.74) is 0.764. The summed E-state index contributed by atoms with van der Waals surface area (Å²) in [5.74, 6) is -0.935. The predicted octanol–water partition coefficient (Wildman–Crippen LogP) is 3.43. The van der Waals surface area contributed by atoms with Crippen molar-refractivity contribution in [2.45, 2.75) is 46.0 Å². The third kappa shape index (κ3) is 4.39. The van der Waals surface area contributed by atoms with Gasteiger partial charge in [-0.2, -0.15) is 0 Å². The molecule has 0 heterocycles. The second-order valence-electron chi connectivity index (χ2n) is 4.37. The van der Waals surface area contributed by atoms with Crippen LogP contribution >= 0.6 is 0 Å². The van der Waals surface area contributed by atoms with Gasteiger partial charge in [-0.15, -0.1) is 0 Å². The van der Waals surface area contributed by atoms with Crippen molar-refractivity contribution in [3.63, 3.8) is 0 Å². The zero-order valence-corrected chi connectivity index (χ0v) is 11.4. The highest BCUT2D eigenvalue weighted by atomic mass is 16.5. The maximum atomic E-state index is 11.7. The number of benzene rings is 1. The van der Waals surface area contributed by atoms with E-state index in [2.05, 4.69) is 6.92 Å². The van der Waals surface area contributed by atoms with Crippen LogP contribution < -0.4 is 4.74 Å². The summed E-state index contributed by atoms with van der Waals surface area (Å²) in [5, 5.41) is 9.09. The number of rotatable bonds is 7. The lowest BCUT2D eigenvalue weighted by Gasteiger charge is -2.11. The van der Waals surface area contributed by atoms with Crippen LogP contribution in [0, 0.1) is 0 Å². The van der Waals surface area contributed by atoms with E-state index in [0.29, 0.717) is 24.2 Å². The van der Waals surface area contributed by atoms with E-state index in [1.54, 1.807) is 12.1 Å². The SMILES string of the molecule is CCCCCC(=O)Oc1cccc(C(=O)O)c1CC. The summed E-state index contributed by atoms with van der Waals surface area (Å²) in [4.78, 5) is 22.8. The molecule has 0 amide bonds. The summed E-state index contributed by atoms with van der Waals surface area (Å²) in [7, 11) is 0. The molecule has 0 saturated carbocycles. The van der Waals surface area contributed by atoms with E-state index in [0.717, 1.165) is 19.3 Å². The van der Waals surface area contributed by atoms with Gasteiger partial charge in [0, 0.05) is 12.0 Å². The fourth-order valence-electron chi connectivity index (χ4n) is 1.92.